The van der Waals surface area contributed by atoms with Gasteiger partial charge in [0.15, 0.2) is 0 Å². The fourth-order valence-electron chi connectivity index (χ4n) is 0.882. The zero-order valence-electron chi connectivity index (χ0n) is 8.26. The first-order valence-electron chi connectivity index (χ1n) is 4.54. The van der Waals surface area contributed by atoms with E-state index < -0.39 is 0 Å². The Labute approximate surface area is 74.7 Å². The first-order valence-corrected chi connectivity index (χ1v) is 4.54. The van der Waals surface area contributed by atoms with Gasteiger partial charge in [-0.2, -0.15) is 0 Å². The van der Waals surface area contributed by atoms with Crippen LogP contribution in [0, 0.1) is 5.92 Å². The summed E-state index contributed by atoms with van der Waals surface area (Å²) in [5.41, 5.74) is 5.53. The molecular formula is C9H20N2O. The summed E-state index contributed by atoms with van der Waals surface area (Å²) in [4.78, 5) is 11.1. The van der Waals surface area contributed by atoms with Crippen molar-refractivity contribution >= 4 is 5.91 Å². The summed E-state index contributed by atoms with van der Waals surface area (Å²) < 4.78 is 0. The molecule has 0 heterocycles. The van der Waals surface area contributed by atoms with Crippen LogP contribution in [0.25, 0.3) is 0 Å². The van der Waals surface area contributed by atoms with Crippen molar-refractivity contribution < 1.29 is 4.79 Å². The topological polar surface area (TPSA) is 55.1 Å². The van der Waals surface area contributed by atoms with Gasteiger partial charge in [-0.3, -0.25) is 4.79 Å². The summed E-state index contributed by atoms with van der Waals surface area (Å²) in [5, 5.41) is 2.83. The molecule has 0 aromatic rings. The number of hydrogen-bond donors (Lipinski definition) is 2. The molecule has 3 nitrogen and oxygen atoms in total. The second-order valence-corrected chi connectivity index (χ2v) is 3.71. The fraction of sp³-hybridized carbons (Fsp3) is 0.889. The predicted molar refractivity (Wildman–Crippen MR) is 50.7 cm³/mol. The summed E-state index contributed by atoms with van der Waals surface area (Å²) in [6.07, 6.45) is 1.46. The van der Waals surface area contributed by atoms with Crippen LogP contribution >= 0.6 is 0 Å². The molecule has 0 aliphatic rings. The van der Waals surface area contributed by atoms with E-state index >= 15 is 0 Å². The highest BCUT2D eigenvalue weighted by Crippen LogP contribution is 1.97. The minimum absolute atomic E-state index is 0.130. The Balaban J connectivity index is 3.32. The van der Waals surface area contributed by atoms with Crippen molar-refractivity contribution in [1.82, 2.24) is 5.32 Å². The molecule has 12 heavy (non-hydrogen) atoms. The summed E-state index contributed by atoms with van der Waals surface area (Å²) in [6.45, 7) is 6.70. The van der Waals surface area contributed by atoms with Crippen LogP contribution in [-0.4, -0.2) is 18.5 Å². The third-order valence-electron chi connectivity index (χ3n) is 1.52. The van der Waals surface area contributed by atoms with E-state index in [0.29, 0.717) is 18.9 Å². The van der Waals surface area contributed by atoms with E-state index in [1.165, 1.54) is 0 Å². The van der Waals surface area contributed by atoms with E-state index in [-0.39, 0.29) is 11.9 Å². The molecule has 0 aliphatic heterocycles. The third-order valence-corrected chi connectivity index (χ3v) is 1.52. The Bertz CT molecular complexity index is 132. The van der Waals surface area contributed by atoms with Gasteiger partial charge < -0.3 is 11.1 Å². The van der Waals surface area contributed by atoms with Crippen LogP contribution in [0.5, 0.6) is 0 Å². The van der Waals surface area contributed by atoms with E-state index in [4.69, 9.17) is 5.73 Å². The quantitative estimate of drug-likeness (QED) is 0.647. The molecule has 0 bridgehead atoms. The molecule has 3 heteroatoms. The maximum Gasteiger partial charge on any atom is 0.220 e. The third kappa shape index (κ3) is 7.54. The monoisotopic (exact) mass is 172 g/mol. The van der Waals surface area contributed by atoms with Crippen LogP contribution < -0.4 is 11.1 Å². The van der Waals surface area contributed by atoms with Gasteiger partial charge in [0.25, 0.3) is 0 Å². The minimum atomic E-state index is 0.130. The number of rotatable bonds is 5. The molecule has 1 amide bonds. The van der Waals surface area contributed by atoms with E-state index in [0.717, 1.165) is 6.42 Å². The van der Waals surface area contributed by atoms with E-state index in [1.807, 2.05) is 20.8 Å². The highest BCUT2D eigenvalue weighted by Gasteiger charge is 2.03. The van der Waals surface area contributed by atoms with Crippen molar-refractivity contribution in [3.63, 3.8) is 0 Å². The van der Waals surface area contributed by atoms with Gasteiger partial charge in [-0.15, -0.1) is 0 Å². The average molecular weight is 172 g/mol. The van der Waals surface area contributed by atoms with Crippen molar-refractivity contribution in [3.05, 3.63) is 0 Å². The summed E-state index contributed by atoms with van der Waals surface area (Å²) in [7, 11) is 0. The lowest BCUT2D eigenvalue weighted by molar-refractivity contribution is -0.121. The molecule has 0 aromatic carbocycles. The first kappa shape index (κ1) is 11.4. The molecule has 0 spiro atoms. The molecule has 0 aromatic heterocycles. The normalized spacial score (nSPS) is 13.1. The first-order chi connectivity index (χ1) is 5.52. The van der Waals surface area contributed by atoms with Crippen LogP contribution in [0.4, 0.5) is 0 Å². The Kier molecular flexibility index (Phi) is 5.72. The lowest BCUT2D eigenvalue weighted by Crippen LogP contribution is -2.29. The Morgan fingerprint density at radius 3 is 2.42 bits per heavy atom. The highest BCUT2D eigenvalue weighted by atomic mass is 16.1. The van der Waals surface area contributed by atoms with Crippen molar-refractivity contribution in [2.45, 2.75) is 39.7 Å². The van der Waals surface area contributed by atoms with Crippen molar-refractivity contribution in [3.8, 4) is 0 Å². The van der Waals surface area contributed by atoms with Crippen molar-refractivity contribution in [2.24, 2.45) is 11.7 Å². The van der Waals surface area contributed by atoms with Gasteiger partial charge in [-0.1, -0.05) is 13.8 Å². The molecular weight excluding hydrogens is 152 g/mol. The molecule has 1 atom stereocenters. The summed E-state index contributed by atoms with van der Waals surface area (Å²) in [5.74, 6) is 0.561. The lowest BCUT2D eigenvalue weighted by Gasteiger charge is -2.08. The Hall–Kier alpha value is -0.570. The Morgan fingerprint density at radius 1 is 1.42 bits per heavy atom. The van der Waals surface area contributed by atoms with Gasteiger partial charge >= 0.3 is 0 Å². The van der Waals surface area contributed by atoms with Crippen LogP contribution in [0.15, 0.2) is 0 Å². The molecule has 0 saturated heterocycles. The maximum atomic E-state index is 11.1. The second kappa shape index (κ2) is 6.00. The summed E-state index contributed by atoms with van der Waals surface area (Å²) in [6, 6.07) is 0.171. The highest BCUT2D eigenvalue weighted by molar-refractivity contribution is 5.75. The average Bonchev–Trinajstić information content (AvgIpc) is 1.84. The molecule has 0 radical (unpaired) electrons. The lowest BCUT2D eigenvalue weighted by atomic mass is 10.1. The number of carbonyl (C=O) groups excluding carboxylic acids is 1. The molecule has 0 fully saturated rings. The number of nitrogens with one attached hydrogen (secondary N) is 1. The largest absolute Gasteiger partial charge is 0.356 e. The SMILES string of the molecule is CC(C)CC(=O)NCCC(C)N. The number of hydrogen-bond acceptors (Lipinski definition) is 2. The van der Waals surface area contributed by atoms with Crippen LogP contribution in [0.2, 0.25) is 0 Å². The number of amides is 1. The fourth-order valence-corrected chi connectivity index (χ4v) is 0.882. The van der Waals surface area contributed by atoms with Crippen LogP contribution in [0.1, 0.15) is 33.6 Å². The van der Waals surface area contributed by atoms with Gasteiger partial charge in [0.05, 0.1) is 0 Å². The summed E-state index contributed by atoms with van der Waals surface area (Å²) >= 11 is 0. The molecule has 3 N–H and O–H groups in total. The molecule has 72 valence electrons. The number of carbonyl (C=O) groups is 1. The van der Waals surface area contributed by atoms with E-state index in [2.05, 4.69) is 5.32 Å². The maximum absolute atomic E-state index is 11.1. The van der Waals surface area contributed by atoms with Gasteiger partial charge in [0.2, 0.25) is 5.91 Å². The second-order valence-electron chi connectivity index (χ2n) is 3.71. The van der Waals surface area contributed by atoms with E-state index in [9.17, 15) is 4.79 Å². The molecule has 0 aliphatic carbocycles. The molecule has 0 rings (SSSR count). The van der Waals surface area contributed by atoms with Gasteiger partial charge in [-0.05, 0) is 19.3 Å². The van der Waals surface area contributed by atoms with Crippen LogP contribution in [-0.2, 0) is 4.79 Å². The van der Waals surface area contributed by atoms with Crippen molar-refractivity contribution in [2.75, 3.05) is 6.54 Å². The van der Waals surface area contributed by atoms with Gasteiger partial charge in [-0.25, -0.2) is 0 Å². The number of nitrogens with two attached hydrogens (primary N) is 1. The smallest absolute Gasteiger partial charge is 0.220 e. The predicted octanol–water partition coefficient (Wildman–Crippen LogP) is 0.886. The van der Waals surface area contributed by atoms with E-state index in [1.54, 1.807) is 0 Å². The molecule has 0 saturated carbocycles. The minimum Gasteiger partial charge on any atom is -0.356 e. The van der Waals surface area contributed by atoms with Crippen molar-refractivity contribution in [1.29, 1.82) is 0 Å². The van der Waals surface area contributed by atoms with Crippen LogP contribution in [0.3, 0.4) is 0 Å². The Morgan fingerprint density at radius 2 is 2.00 bits per heavy atom. The zero-order chi connectivity index (χ0) is 9.56. The van der Waals surface area contributed by atoms with Gasteiger partial charge in [0, 0.05) is 19.0 Å². The molecule has 1 unspecified atom stereocenters. The zero-order valence-corrected chi connectivity index (χ0v) is 8.26. The van der Waals surface area contributed by atoms with Gasteiger partial charge in [0.1, 0.15) is 0 Å². The standard InChI is InChI=1S/C9H20N2O/c1-7(2)6-9(12)11-5-4-8(3)10/h7-8H,4-6,10H2,1-3H3,(H,11,12).